The highest BCUT2D eigenvalue weighted by atomic mass is 79.9. The molecular formula is C18H20BrN3O3. The van der Waals surface area contributed by atoms with Crippen LogP contribution in [0.15, 0.2) is 34.9 Å². The van der Waals surface area contributed by atoms with Gasteiger partial charge in [0.25, 0.3) is 0 Å². The molecule has 1 N–H and O–H groups in total. The number of anilines is 1. The van der Waals surface area contributed by atoms with Gasteiger partial charge in [-0.3, -0.25) is 9.69 Å². The molecule has 0 spiro atoms. The summed E-state index contributed by atoms with van der Waals surface area (Å²) in [6.45, 7) is 5.32. The predicted octanol–water partition coefficient (Wildman–Crippen LogP) is 3.04. The number of ether oxygens (including phenoxy) is 2. The van der Waals surface area contributed by atoms with Crippen LogP contribution in [0.1, 0.15) is 18.7 Å². The Balaban J connectivity index is 1.44. The van der Waals surface area contributed by atoms with E-state index in [1.165, 1.54) is 5.69 Å². The van der Waals surface area contributed by atoms with Crippen molar-refractivity contribution in [2.24, 2.45) is 0 Å². The normalized spacial score (nSPS) is 19.4. The van der Waals surface area contributed by atoms with Crippen LogP contribution in [-0.2, 0) is 11.3 Å². The van der Waals surface area contributed by atoms with E-state index in [-0.39, 0.29) is 11.9 Å². The van der Waals surface area contributed by atoms with Gasteiger partial charge in [-0.25, -0.2) is 0 Å². The van der Waals surface area contributed by atoms with Gasteiger partial charge in [0.1, 0.15) is 13.2 Å². The minimum Gasteiger partial charge on any atom is -0.486 e. The number of nitrogens with zero attached hydrogens (tertiary/aromatic N) is 2. The molecule has 132 valence electrons. The van der Waals surface area contributed by atoms with Gasteiger partial charge in [-0.2, -0.15) is 0 Å². The maximum Gasteiger partial charge on any atom is 0.238 e. The van der Waals surface area contributed by atoms with E-state index in [0.29, 0.717) is 36.9 Å². The van der Waals surface area contributed by atoms with Crippen LogP contribution < -0.4 is 14.8 Å². The van der Waals surface area contributed by atoms with E-state index in [1.54, 1.807) is 6.07 Å². The monoisotopic (exact) mass is 405 g/mol. The summed E-state index contributed by atoms with van der Waals surface area (Å²) in [5.74, 6) is 1.32. The minimum atomic E-state index is -0.0377. The van der Waals surface area contributed by atoms with Crippen LogP contribution in [0.4, 0.5) is 5.69 Å². The third-order valence-corrected chi connectivity index (χ3v) is 5.38. The molecule has 2 aliphatic heterocycles. The lowest BCUT2D eigenvalue weighted by Crippen LogP contribution is -2.41. The second kappa shape index (κ2) is 6.72. The van der Waals surface area contributed by atoms with Crippen LogP contribution in [0, 0.1) is 0 Å². The van der Waals surface area contributed by atoms with Gasteiger partial charge in [0.05, 0.1) is 12.2 Å². The van der Waals surface area contributed by atoms with Gasteiger partial charge in [0.2, 0.25) is 5.91 Å². The lowest BCUT2D eigenvalue weighted by atomic mass is 10.1. The first-order valence-corrected chi connectivity index (χ1v) is 9.19. The third kappa shape index (κ3) is 3.26. The van der Waals surface area contributed by atoms with Crippen LogP contribution in [0.5, 0.6) is 11.5 Å². The fourth-order valence-corrected chi connectivity index (χ4v) is 3.80. The second-order valence-electron chi connectivity index (χ2n) is 6.30. The van der Waals surface area contributed by atoms with Crippen molar-refractivity contribution in [3.63, 3.8) is 0 Å². The van der Waals surface area contributed by atoms with E-state index >= 15 is 0 Å². The van der Waals surface area contributed by atoms with Crippen molar-refractivity contribution >= 4 is 27.5 Å². The Bertz CT molecular complexity index is 805. The van der Waals surface area contributed by atoms with E-state index in [9.17, 15) is 4.79 Å². The number of benzene rings is 1. The number of carbonyl (C=O) groups is 1. The second-order valence-corrected chi connectivity index (χ2v) is 7.15. The molecule has 0 saturated heterocycles. The van der Waals surface area contributed by atoms with Crippen molar-refractivity contribution in [1.82, 2.24) is 9.47 Å². The number of fused-ring (bicyclic) bond motifs is 2. The summed E-state index contributed by atoms with van der Waals surface area (Å²) >= 11 is 3.49. The van der Waals surface area contributed by atoms with Crippen LogP contribution >= 0.6 is 15.9 Å². The lowest BCUT2D eigenvalue weighted by Gasteiger charge is -2.34. The Kier molecular flexibility index (Phi) is 4.43. The van der Waals surface area contributed by atoms with Crippen molar-refractivity contribution in [1.29, 1.82) is 0 Å². The van der Waals surface area contributed by atoms with Gasteiger partial charge in [0.15, 0.2) is 11.5 Å². The third-order valence-electron chi connectivity index (χ3n) is 4.72. The number of rotatable bonds is 3. The molecule has 0 aliphatic carbocycles. The van der Waals surface area contributed by atoms with Gasteiger partial charge in [-0.15, -0.1) is 0 Å². The lowest BCUT2D eigenvalue weighted by molar-refractivity contribution is -0.118. The summed E-state index contributed by atoms with van der Waals surface area (Å²) in [7, 11) is 0. The summed E-state index contributed by atoms with van der Waals surface area (Å²) < 4.78 is 14.2. The molecule has 6 nitrogen and oxygen atoms in total. The molecule has 1 aromatic heterocycles. The fourth-order valence-electron chi connectivity index (χ4n) is 3.38. The van der Waals surface area contributed by atoms with Crippen LogP contribution in [-0.4, -0.2) is 41.7 Å². The number of hydrogen-bond acceptors (Lipinski definition) is 4. The molecule has 25 heavy (non-hydrogen) atoms. The number of nitrogens with one attached hydrogen (secondary N) is 1. The molecule has 2 aliphatic rings. The topological polar surface area (TPSA) is 55.7 Å². The predicted molar refractivity (Wildman–Crippen MR) is 98.2 cm³/mol. The number of carbonyl (C=O) groups excluding carboxylic acids is 1. The minimum absolute atomic E-state index is 0.0377. The average molecular weight is 406 g/mol. The van der Waals surface area contributed by atoms with Crippen molar-refractivity contribution in [3.8, 4) is 11.5 Å². The van der Waals surface area contributed by atoms with Crippen molar-refractivity contribution in [2.75, 3.05) is 31.6 Å². The first-order chi connectivity index (χ1) is 12.1. The van der Waals surface area contributed by atoms with E-state index < -0.39 is 0 Å². The quantitative estimate of drug-likeness (QED) is 0.852. The van der Waals surface area contributed by atoms with Crippen LogP contribution in [0.3, 0.4) is 0 Å². The Morgan fingerprint density at radius 3 is 2.84 bits per heavy atom. The Labute approximate surface area is 154 Å². The summed E-state index contributed by atoms with van der Waals surface area (Å²) in [5.41, 5.74) is 1.95. The first-order valence-electron chi connectivity index (χ1n) is 8.40. The molecular weight excluding hydrogens is 386 g/mol. The van der Waals surface area contributed by atoms with Gasteiger partial charge in [0, 0.05) is 47.6 Å². The summed E-state index contributed by atoms with van der Waals surface area (Å²) in [6, 6.07) is 8.04. The molecule has 0 bridgehead atoms. The number of halogens is 1. The molecule has 0 radical (unpaired) electrons. The van der Waals surface area contributed by atoms with Crippen molar-refractivity contribution in [2.45, 2.75) is 19.5 Å². The molecule has 3 heterocycles. The molecule has 1 amide bonds. The maximum atomic E-state index is 12.5. The summed E-state index contributed by atoms with van der Waals surface area (Å²) in [4.78, 5) is 14.7. The SMILES string of the molecule is CC1c2cccn2CCN1CC(=O)Nc1cc2c(cc1Br)OCCO2. The molecule has 1 atom stereocenters. The molecule has 4 rings (SSSR count). The molecule has 7 heteroatoms. The highest BCUT2D eigenvalue weighted by molar-refractivity contribution is 9.10. The number of aromatic nitrogens is 1. The smallest absolute Gasteiger partial charge is 0.238 e. The zero-order valence-corrected chi connectivity index (χ0v) is 15.6. The fraction of sp³-hybridized carbons (Fsp3) is 0.389. The molecule has 1 aromatic carbocycles. The Morgan fingerprint density at radius 1 is 1.28 bits per heavy atom. The summed E-state index contributed by atoms with van der Waals surface area (Å²) in [6.07, 6.45) is 2.09. The highest BCUT2D eigenvalue weighted by Crippen LogP contribution is 2.38. The van der Waals surface area contributed by atoms with Crippen LogP contribution in [0.25, 0.3) is 0 Å². The Morgan fingerprint density at radius 2 is 2.04 bits per heavy atom. The van der Waals surface area contributed by atoms with Gasteiger partial charge >= 0.3 is 0 Å². The molecule has 1 unspecified atom stereocenters. The summed E-state index contributed by atoms with van der Waals surface area (Å²) in [5, 5.41) is 2.98. The first kappa shape index (κ1) is 16.5. The zero-order chi connectivity index (χ0) is 17.4. The van der Waals surface area contributed by atoms with Crippen molar-refractivity contribution in [3.05, 3.63) is 40.6 Å². The largest absolute Gasteiger partial charge is 0.486 e. The van der Waals surface area contributed by atoms with E-state index in [4.69, 9.17) is 9.47 Å². The van der Waals surface area contributed by atoms with Gasteiger partial charge in [-0.1, -0.05) is 0 Å². The molecule has 0 fully saturated rings. The van der Waals surface area contributed by atoms with Crippen LogP contribution in [0.2, 0.25) is 0 Å². The molecule has 0 saturated carbocycles. The number of hydrogen-bond donors (Lipinski definition) is 1. The van der Waals surface area contributed by atoms with Gasteiger partial charge in [-0.05, 0) is 35.0 Å². The standard InChI is InChI=1S/C18H20BrN3O3/c1-12-15-3-2-4-21(15)5-6-22(12)11-18(23)20-14-10-17-16(9-13(14)19)24-7-8-25-17/h2-4,9-10,12H,5-8,11H2,1H3,(H,20,23). The Hall–Kier alpha value is -1.99. The average Bonchev–Trinajstić information content (AvgIpc) is 3.07. The van der Waals surface area contributed by atoms with Gasteiger partial charge < -0.3 is 19.4 Å². The number of amides is 1. The van der Waals surface area contributed by atoms with E-state index in [2.05, 4.69) is 56.0 Å². The van der Waals surface area contributed by atoms with E-state index in [1.807, 2.05) is 6.07 Å². The molecule has 2 aromatic rings. The zero-order valence-electron chi connectivity index (χ0n) is 14.0. The maximum absolute atomic E-state index is 12.5. The van der Waals surface area contributed by atoms with Crippen molar-refractivity contribution < 1.29 is 14.3 Å². The highest BCUT2D eigenvalue weighted by Gasteiger charge is 2.25. The van der Waals surface area contributed by atoms with E-state index in [0.717, 1.165) is 17.6 Å².